The Bertz CT molecular complexity index is 844. The molecule has 0 aromatic heterocycles. The van der Waals surface area contributed by atoms with Crippen LogP contribution in [0.15, 0.2) is 48.5 Å². The first kappa shape index (κ1) is 23.0. The highest BCUT2D eigenvalue weighted by atomic mass is 19.1. The number of ether oxygens (including phenoxy) is 1. The number of hydrogen-bond acceptors (Lipinski definition) is 5. The molecule has 1 amide bonds. The molecular weight excluding hydrogens is 397 g/mol. The third kappa shape index (κ3) is 7.52. The average Bonchev–Trinajstić information content (AvgIpc) is 2.73. The third-order valence-corrected chi connectivity index (χ3v) is 5.47. The summed E-state index contributed by atoms with van der Waals surface area (Å²) >= 11 is 0. The Morgan fingerprint density at radius 2 is 2.00 bits per heavy atom. The molecule has 6 nitrogen and oxygen atoms in total. The minimum absolute atomic E-state index is 0.0630. The summed E-state index contributed by atoms with van der Waals surface area (Å²) in [5, 5.41) is 12.6. The van der Waals surface area contributed by atoms with E-state index in [1.54, 1.807) is 24.3 Å². The fourth-order valence-electron chi connectivity index (χ4n) is 3.92. The lowest BCUT2D eigenvalue weighted by Crippen LogP contribution is -2.48. The van der Waals surface area contributed by atoms with Crippen LogP contribution in [0.4, 0.5) is 4.39 Å². The van der Waals surface area contributed by atoms with Crippen LogP contribution < -0.4 is 10.1 Å². The van der Waals surface area contributed by atoms with E-state index in [-0.39, 0.29) is 29.3 Å². The predicted molar refractivity (Wildman–Crippen MR) is 118 cm³/mol. The monoisotopic (exact) mass is 429 g/mol. The van der Waals surface area contributed by atoms with Gasteiger partial charge >= 0.3 is 0 Å². The number of piperidine rings is 1. The molecule has 0 aliphatic carbocycles. The summed E-state index contributed by atoms with van der Waals surface area (Å²) in [5.74, 6) is 0.499. The number of phenols is 1. The minimum atomic E-state index is -0.326. The second kappa shape index (κ2) is 11.1. The van der Waals surface area contributed by atoms with Crippen LogP contribution in [-0.4, -0.2) is 67.7 Å². The van der Waals surface area contributed by atoms with E-state index in [0.717, 1.165) is 25.1 Å². The molecule has 2 aromatic carbocycles. The molecule has 31 heavy (non-hydrogen) atoms. The maximum absolute atomic E-state index is 13.4. The average molecular weight is 430 g/mol. The van der Waals surface area contributed by atoms with E-state index in [0.29, 0.717) is 32.0 Å². The maximum Gasteiger partial charge on any atom is 0.224 e. The van der Waals surface area contributed by atoms with Gasteiger partial charge in [-0.1, -0.05) is 18.2 Å². The number of rotatable bonds is 9. The van der Waals surface area contributed by atoms with Crippen molar-refractivity contribution in [1.82, 2.24) is 15.1 Å². The lowest BCUT2D eigenvalue weighted by molar-refractivity contribution is -0.127. The SMILES string of the molecule is CN(C)CCNC(=O)[C@@H]1C[C@H](COc2cccc(F)c2)CN(Cc2ccc(O)cc2)C1. The molecule has 0 saturated carbocycles. The molecule has 1 fully saturated rings. The molecule has 1 heterocycles. The number of aromatic hydroxyl groups is 1. The summed E-state index contributed by atoms with van der Waals surface area (Å²) in [6, 6.07) is 13.3. The van der Waals surface area contributed by atoms with Gasteiger partial charge in [-0.3, -0.25) is 9.69 Å². The van der Waals surface area contributed by atoms with Gasteiger partial charge in [-0.05, 0) is 50.3 Å². The Balaban J connectivity index is 1.63. The molecule has 2 atom stereocenters. The van der Waals surface area contributed by atoms with Crippen molar-refractivity contribution >= 4 is 5.91 Å². The number of halogens is 1. The zero-order valence-electron chi connectivity index (χ0n) is 18.3. The Kier molecular flexibility index (Phi) is 8.26. The number of phenolic OH excluding ortho intramolecular Hbond substituents is 1. The van der Waals surface area contributed by atoms with Gasteiger partial charge < -0.3 is 20.1 Å². The van der Waals surface area contributed by atoms with E-state index in [2.05, 4.69) is 10.2 Å². The van der Waals surface area contributed by atoms with Crippen molar-refractivity contribution < 1.29 is 19.0 Å². The Hall–Kier alpha value is -2.64. The number of benzene rings is 2. The summed E-state index contributed by atoms with van der Waals surface area (Å²) < 4.78 is 19.3. The first-order valence-corrected chi connectivity index (χ1v) is 10.7. The topological polar surface area (TPSA) is 65.0 Å². The number of nitrogens with one attached hydrogen (secondary N) is 1. The van der Waals surface area contributed by atoms with Crippen LogP contribution in [0.2, 0.25) is 0 Å². The van der Waals surface area contributed by atoms with Gasteiger partial charge in [-0.25, -0.2) is 4.39 Å². The van der Waals surface area contributed by atoms with Gasteiger partial charge in [-0.15, -0.1) is 0 Å². The van der Waals surface area contributed by atoms with Gasteiger partial charge in [0.05, 0.1) is 12.5 Å². The van der Waals surface area contributed by atoms with Gasteiger partial charge in [-0.2, -0.15) is 0 Å². The Labute approximate surface area is 183 Å². The van der Waals surface area contributed by atoms with Gasteiger partial charge in [0.1, 0.15) is 17.3 Å². The zero-order valence-corrected chi connectivity index (χ0v) is 18.3. The predicted octanol–water partition coefficient (Wildman–Crippen LogP) is 2.73. The molecule has 2 aromatic rings. The van der Waals surface area contributed by atoms with E-state index in [1.165, 1.54) is 12.1 Å². The van der Waals surface area contributed by atoms with Crippen LogP contribution in [0.1, 0.15) is 12.0 Å². The van der Waals surface area contributed by atoms with E-state index < -0.39 is 0 Å². The molecule has 0 unspecified atom stereocenters. The third-order valence-electron chi connectivity index (χ3n) is 5.47. The fourth-order valence-corrected chi connectivity index (χ4v) is 3.92. The van der Waals surface area contributed by atoms with E-state index in [9.17, 15) is 14.3 Å². The molecule has 1 saturated heterocycles. The first-order chi connectivity index (χ1) is 14.9. The standard InChI is InChI=1S/C24H32FN3O3/c1-27(2)11-10-26-24(30)20-12-19(17-31-23-5-3-4-21(25)13-23)15-28(16-20)14-18-6-8-22(29)9-7-18/h3-9,13,19-20,29H,10-12,14-17H2,1-2H3,(H,26,30)/t19-,20+/m0/s1. The van der Waals surface area contributed by atoms with Crippen molar-refractivity contribution in [3.05, 3.63) is 59.9 Å². The molecule has 7 heteroatoms. The summed E-state index contributed by atoms with van der Waals surface area (Å²) in [6.45, 7) is 3.99. The number of likely N-dealkylation sites (tertiary alicyclic amines) is 1. The number of hydrogen-bond donors (Lipinski definition) is 2. The summed E-state index contributed by atoms with van der Waals surface area (Å²) in [4.78, 5) is 17.1. The van der Waals surface area contributed by atoms with Crippen molar-refractivity contribution in [2.45, 2.75) is 13.0 Å². The maximum atomic E-state index is 13.4. The van der Waals surface area contributed by atoms with Crippen LogP contribution in [0, 0.1) is 17.7 Å². The molecule has 0 bridgehead atoms. The fraction of sp³-hybridized carbons (Fsp3) is 0.458. The van der Waals surface area contributed by atoms with E-state index >= 15 is 0 Å². The van der Waals surface area contributed by atoms with Gasteiger partial charge in [0.15, 0.2) is 0 Å². The summed E-state index contributed by atoms with van der Waals surface area (Å²) in [7, 11) is 3.96. The van der Waals surface area contributed by atoms with Crippen LogP contribution in [0.3, 0.4) is 0 Å². The van der Waals surface area contributed by atoms with Gasteiger partial charge in [0.25, 0.3) is 0 Å². The summed E-state index contributed by atoms with van der Waals surface area (Å²) in [6.07, 6.45) is 0.731. The van der Waals surface area contributed by atoms with Gasteiger partial charge in [0, 0.05) is 44.7 Å². The Morgan fingerprint density at radius 1 is 1.23 bits per heavy atom. The van der Waals surface area contributed by atoms with Crippen LogP contribution in [0.5, 0.6) is 11.5 Å². The largest absolute Gasteiger partial charge is 0.508 e. The van der Waals surface area contributed by atoms with Crippen LogP contribution in [0.25, 0.3) is 0 Å². The van der Waals surface area contributed by atoms with Gasteiger partial charge in [0.2, 0.25) is 5.91 Å². The Morgan fingerprint density at radius 3 is 2.71 bits per heavy atom. The second-order valence-electron chi connectivity index (χ2n) is 8.52. The lowest BCUT2D eigenvalue weighted by Gasteiger charge is -2.37. The van der Waals surface area contributed by atoms with Crippen molar-refractivity contribution in [2.24, 2.45) is 11.8 Å². The van der Waals surface area contributed by atoms with Crippen molar-refractivity contribution in [3.8, 4) is 11.5 Å². The van der Waals surface area contributed by atoms with Crippen molar-refractivity contribution in [2.75, 3.05) is 46.9 Å². The molecule has 1 aliphatic heterocycles. The quantitative estimate of drug-likeness (QED) is 0.642. The normalized spacial score (nSPS) is 19.4. The van der Waals surface area contributed by atoms with Crippen LogP contribution >= 0.6 is 0 Å². The second-order valence-corrected chi connectivity index (χ2v) is 8.52. The highest BCUT2D eigenvalue weighted by molar-refractivity contribution is 5.79. The summed E-state index contributed by atoms with van der Waals surface area (Å²) in [5.41, 5.74) is 1.08. The minimum Gasteiger partial charge on any atom is -0.508 e. The van der Waals surface area contributed by atoms with E-state index in [4.69, 9.17) is 4.74 Å². The first-order valence-electron chi connectivity index (χ1n) is 10.7. The lowest BCUT2D eigenvalue weighted by atomic mass is 9.88. The number of carbonyl (C=O) groups is 1. The number of nitrogens with zero attached hydrogens (tertiary/aromatic N) is 2. The van der Waals surface area contributed by atoms with Crippen molar-refractivity contribution in [3.63, 3.8) is 0 Å². The zero-order chi connectivity index (χ0) is 22.2. The molecule has 0 radical (unpaired) electrons. The van der Waals surface area contributed by atoms with Crippen LogP contribution in [-0.2, 0) is 11.3 Å². The number of amides is 1. The molecular formula is C24H32FN3O3. The highest BCUT2D eigenvalue weighted by Crippen LogP contribution is 2.25. The molecule has 2 N–H and O–H groups in total. The smallest absolute Gasteiger partial charge is 0.224 e. The molecule has 3 rings (SSSR count). The molecule has 168 valence electrons. The number of likely N-dealkylation sites (N-methyl/N-ethyl adjacent to an activating group) is 1. The number of carbonyl (C=O) groups excluding carboxylic acids is 1. The van der Waals surface area contributed by atoms with E-state index in [1.807, 2.05) is 31.1 Å². The van der Waals surface area contributed by atoms with Crippen molar-refractivity contribution in [1.29, 1.82) is 0 Å². The highest BCUT2D eigenvalue weighted by Gasteiger charge is 2.32. The molecule has 0 spiro atoms. The molecule has 1 aliphatic rings.